The van der Waals surface area contributed by atoms with E-state index in [0.29, 0.717) is 11.7 Å². The van der Waals surface area contributed by atoms with Gasteiger partial charge in [-0.3, -0.25) is 4.79 Å². The Morgan fingerprint density at radius 1 is 1.21 bits per heavy atom. The monoisotopic (exact) mass is 277 g/mol. The van der Waals surface area contributed by atoms with Gasteiger partial charge in [-0.15, -0.1) is 10.2 Å². The first kappa shape index (κ1) is 13.5. The number of hydrogen-bond acceptors (Lipinski definition) is 5. The predicted molar refractivity (Wildman–Crippen MR) is 74.5 cm³/mol. The number of carboxylic acid groups (broad SMARTS) is 1. The summed E-state index contributed by atoms with van der Waals surface area (Å²) >= 11 is 1.48. The van der Waals surface area contributed by atoms with E-state index in [2.05, 4.69) is 27.6 Å². The van der Waals surface area contributed by atoms with E-state index in [1.807, 2.05) is 18.2 Å². The van der Waals surface area contributed by atoms with Gasteiger partial charge in [-0.25, -0.2) is 0 Å². The van der Waals surface area contributed by atoms with Gasteiger partial charge in [0, 0.05) is 13.0 Å². The van der Waals surface area contributed by atoms with Crippen molar-refractivity contribution in [3.05, 3.63) is 40.9 Å². The molecule has 0 bridgehead atoms. The zero-order valence-electron chi connectivity index (χ0n) is 10.4. The van der Waals surface area contributed by atoms with Gasteiger partial charge in [-0.2, -0.15) is 0 Å². The molecule has 2 aromatic rings. The standard InChI is InChI=1S/C13H15N3O2S/c17-12(18)8-9-14-13-16-15-11(19-13)7-6-10-4-2-1-3-5-10/h1-5H,6-9H2,(H,14,16)(H,17,18). The van der Waals surface area contributed by atoms with E-state index in [4.69, 9.17) is 5.11 Å². The van der Waals surface area contributed by atoms with Crippen molar-refractivity contribution in [2.75, 3.05) is 11.9 Å². The lowest BCUT2D eigenvalue weighted by Gasteiger charge is -1.98. The molecule has 0 unspecified atom stereocenters. The van der Waals surface area contributed by atoms with Gasteiger partial charge in [0.25, 0.3) is 0 Å². The third-order valence-corrected chi connectivity index (χ3v) is 3.49. The van der Waals surface area contributed by atoms with Crippen LogP contribution in [0.15, 0.2) is 30.3 Å². The summed E-state index contributed by atoms with van der Waals surface area (Å²) in [7, 11) is 0. The molecule has 0 aliphatic rings. The molecule has 0 radical (unpaired) electrons. The van der Waals surface area contributed by atoms with Gasteiger partial charge in [0.05, 0.1) is 6.42 Å². The Balaban J connectivity index is 1.79. The highest BCUT2D eigenvalue weighted by atomic mass is 32.1. The minimum Gasteiger partial charge on any atom is -0.481 e. The number of aliphatic carboxylic acids is 1. The smallest absolute Gasteiger partial charge is 0.305 e. The van der Waals surface area contributed by atoms with Crippen LogP contribution in [0.2, 0.25) is 0 Å². The summed E-state index contributed by atoms with van der Waals surface area (Å²) in [5.74, 6) is -0.818. The number of benzene rings is 1. The average Bonchev–Trinajstić information content (AvgIpc) is 2.85. The summed E-state index contributed by atoms with van der Waals surface area (Å²) in [6, 6.07) is 10.2. The molecule has 0 aliphatic heterocycles. The molecular formula is C13H15N3O2S. The Morgan fingerprint density at radius 3 is 2.74 bits per heavy atom. The average molecular weight is 277 g/mol. The van der Waals surface area contributed by atoms with E-state index in [0.717, 1.165) is 17.8 Å². The maximum Gasteiger partial charge on any atom is 0.305 e. The highest BCUT2D eigenvalue weighted by molar-refractivity contribution is 7.15. The van der Waals surface area contributed by atoms with Gasteiger partial charge in [-0.1, -0.05) is 41.7 Å². The molecule has 19 heavy (non-hydrogen) atoms. The summed E-state index contributed by atoms with van der Waals surface area (Å²) in [5.41, 5.74) is 1.28. The highest BCUT2D eigenvalue weighted by Gasteiger charge is 2.05. The zero-order valence-corrected chi connectivity index (χ0v) is 11.2. The van der Waals surface area contributed by atoms with Crippen molar-refractivity contribution < 1.29 is 9.90 Å². The number of nitrogens with one attached hydrogen (secondary N) is 1. The molecule has 0 saturated heterocycles. The molecule has 5 nitrogen and oxygen atoms in total. The van der Waals surface area contributed by atoms with E-state index in [1.54, 1.807) is 0 Å². The number of carbonyl (C=O) groups is 1. The van der Waals surface area contributed by atoms with Crippen LogP contribution in [0, 0.1) is 0 Å². The number of aromatic nitrogens is 2. The molecule has 0 fully saturated rings. The SMILES string of the molecule is O=C(O)CCNc1nnc(CCc2ccccc2)s1. The Bertz CT molecular complexity index is 528. The molecule has 0 amide bonds. The lowest BCUT2D eigenvalue weighted by atomic mass is 10.1. The molecule has 2 rings (SSSR count). The van der Waals surface area contributed by atoms with E-state index in [1.165, 1.54) is 16.9 Å². The molecule has 1 aromatic heterocycles. The predicted octanol–water partition coefficient (Wildman–Crippen LogP) is 2.21. The number of carboxylic acids is 1. The molecule has 1 aromatic carbocycles. The molecule has 2 N–H and O–H groups in total. The molecule has 0 saturated carbocycles. The maximum absolute atomic E-state index is 10.4. The molecule has 0 atom stereocenters. The topological polar surface area (TPSA) is 75.1 Å². The van der Waals surface area contributed by atoms with Crippen LogP contribution in [-0.2, 0) is 17.6 Å². The fraction of sp³-hybridized carbons (Fsp3) is 0.308. The van der Waals surface area contributed by atoms with Crippen LogP contribution < -0.4 is 5.32 Å². The van der Waals surface area contributed by atoms with Crippen LogP contribution in [-0.4, -0.2) is 27.8 Å². The zero-order chi connectivity index (χ0) is 13.5. The van der Waals surface area contributed by atoms with Crippen LogP contribution in [0.3, 0.4) is 0 Å². The number of aryl methyl sites for hydroxylation is 2. The molecule has 1 heterocycles. The van der Waals surface area contributed by atoms with Crippen molar-refractivity contribution in [3.8, 4) is 0 Å². The van der Waals surface area contributed by atoms with Crippen molar-refractivity contribution in [2.24, 2.45) is 0 Å². The van der Waals surface area contributed by atoms with E-state index >= 15 is 0 Å². The fourth-order valence-electron chi connectivity index (χ4n) is 1.60. The quantitative estimate of drug-likeness (QED) is 0.811. The first-order chi connectivity index (χ1) is 9.24. The van der Waals surface area contributed by atoms with E-state index < -0.39 is 5.97 Å². The number of anilines is 1. The Labute approximate surface area is 115 Å². The Kier molecular flexibility index (Phi) is 4.85. The number of nitrogens with zero attached hydrogens (tertiary/aromatic N) is 2. The van der Waals surface area contributed by atoms with Crippen LogP contribution in [0.4, 0.5) is 5.13 Å². The molecular weight excluding hydrogens is 262 g/mol. The third kappa shape index (κ3) is 4.67. The molecule has 6 heteroatoms. The summed E-state index contributed by atoms with van der Waals surface area (Å²) in [6.07, 6.45) is 1.87. The first-order valence-corrected chi connectivity index (χ1v) is 6.87. The summed E-state index contributed by atoms with van der Waals surface area (Å²) in [5, 5.41) is 21.2. The minimum absolute atomic E-state index is 0.0823. The minimum atomic E-state index is -0.818. The lowest BCUT2D eigenvalue weighted by Crippen LogP contribution is -2.07. The maximum atomic E-state index is 10.4. The lowest BCUT2D eigenvalue weighted by molar-refractivity contribution is -0.136. The highest BCUT2D eigenvalue weighted by Crippen LogP contribution is 2.17. The van der Waals surface area contributed by atoms with Crippen LogP contribution in [0.25, 0.3) is 0 Å². The normalized spacial score (nSPS) is 10.3. The van der Waals surface area contributed by atoms with Gasteiger partial charge in [0.15, 0.2) is 0 Å². The van der Waals surface area contributed by atoms with Gasteiger partial charge in [0.2, 0.25) is 5.13 Å². The van der Waals surface area contributed by atoms with Crippen LogP contribution >= 0.6 is 11.3 Å². The van der Waals surface area contributed by atoms with Gasteiger partial charge in [0.1, 0.15) is 5.01 Å². The van der Waals surface area contributed by atoms with Crippen molar-refractivity contribution >= 4 is 22.4 Å². The summed E-state index contributed by atoms with van der Waals surface area (Å²) in [6.45, 7) is 0.378. The number of rotatable bonds is 7. The Hall–Kier alpha value is -1.95. The summed E-state index contributed by atoms with van der Waals surface area (Å²) < 4.78 is 0. The van der Waals surface area contributed by atoms with Crippen molar-refractivity contribution in [3.63, 3.8) is 0 Å². The van der Waals surface area contributed by atoms with Gasteiger partial charge in [-0.05, 0) is 12.0 Å². The number of hydrogen-bond donors (Lipinski definition) is 2. The van der Waals surface area contributed by atoms with Crippen LogP contribution in [0.5, 0.6) is 0 Å². The third-order valence-electron chi connectivity index (χ3n) is 2.55. The Morgan fingerprint density at radius 2 is 2.00 bits per heavy atom. The van der Waals surface area contributed by atoms with Crippen LogP contribution in [0.1, 0.15) is 17.0 Å². The molecule has 100 valence electrons. The fourth-order valence-corrected chi connectivity index (χ4v) is 2.36. The second kappa shape index (κ2) is 6.84. The van der Waals surface area contributed by atoms with Crippen molar-refractivity contribution in [2.45, 2.75) is 19.3 Å². The van der Waals surface area contributed by atoms with Gasteiger partial charge < -0.3 is 10.4 Å². The molecule has 0 aliphatic carbocycles. The summed E-state index contributed by atoms with van der Waals surface area (Å²) in [4.78, 5) is 10.4. The first-order valence-electron chi connectivity index (χ1n) is 6.06. The van der Waals surface area contributed by atoms with E-state index in [9.17, 15) is 4.79 Å². The molecule has 0 spiro atoms. The van der Waals surface area contributed by atoms with Crippen molar-refractivity contribution in [1.82, 2.24) is 10.2 Å². The van der Waals surface area contributed by atoms with Crippen molar-refractivity contribution in [1.29, 1.82) is 0 Å². The largest absolute Gasteiger partial charge is 0.481 e. The second-order valence-corrected chi connectivity index (χ2v) is 5.12. The second-order valence-electron chi connectivity index (χ2n) is 4.06. The van der Waals surface area contributed by atoms with E-state index in [-0.39, 0.29) is 6.42 Å². The van der Waals surface area contributed by atoms with Gasteiger partial charge >= 0.3 is 5.97 Å².